The van der Waals surface area contributed by atoms with Crippen molar-refractivity contribution in [3.05, 3.63) is 29.8 Å². The Morgan fingerprint density at radius 3 is 2.44 bits per heavy atom. The Kier molecular flexibility index (Phi) is 6.93. The summed E-state index contributed by atoms with van der Waals surface area (Å²) in [6.07, 6.45) is 5.75. The molecule has 1 saturated carbocycles. The van der Waals surface area contributed by atoms with Crippen LogP contribution in [0.4, 0.5) is 0 Å². The largest absolute Gasteiger partial charge is 0.353 e. The van der Waals surface area contributed by atoms with Crippen molar-refractivity contribution in [1.29, 1.82) is 0 Å². The lowest BCUT2D eigenvalue weighted by Crippen LogP contribution is -2.46. The number of hydrogen-bond donors (Lipinski definition) is 2. The Labute approximate surface area is 155 Å². The number of amides is 1. The minimum absolute atomic E-state index is 0.00146. The fourth-order valence-electron chi connectivity index (χ4n) is 3.04. The van der Waals surface area contributed by atoms with Crippen LogP contribution in [0.15, 0.2) is 29.2 Å². The topological polar surface area (TPSA) is 89.3 Å². The van der Waals surface area contributed by atoms with Crippen LogP contribution in [0, 0.1) is 6.92 Å². The van der Waals surface area contributed by atoms with Crippen molar-refractivity contribution >= 4 is 27.5 Å². The Bertz CT molecular complexity index is 681. The maximum absolute atomic E-state index is 12.2. The van der Waals surface area contributed by atoms with E-state index in [1.165, 1.54) is 10.5 Å². The Morgan fingerprint density at radius 1 is 1.28 bits per heavy atom. The zero-order chi connectivity index (χ0) is 18.5. The van der Waals surface area contributed by atoms with Crippen LogP contribution in [-0.4, -0.2) is 43.7 Å². The quantitative estimate of drug-likeness (QED) is 0.718. The first kappa shape index (κ1) is 20.3. The van der Waals surface area contributed by atoms with Crippen LogP contribution < -0.4 is 11.1 Å². The van der Waals surface area contributed by atoms with Gasteiger partial charge < -0.3 is 11.1 Å². The van der Waals surface area contributed by atoms with E-state index in [9.17, 15) is 13.2 Å². The number of nitrogens with one attached hydrogen (secondary N) is 1. The summed E-state index contributed by atoms with van der Waals surface area (Å²) in [5.74, 6) is -0.329. The molecule has 0 bridgehead atoms. The van der Waals surface area contributed by atoms with Gasteiger partial charge >= 0.3 is 0 Å². The summed E-state index contributed by atoms with van der Waals surface area (Å²) >= 11 is 1.83. The fraction of sp³-hybridized carbons (Fsp3) is 0.611. The molecule has 1 aromatic rings. The van der Waals surface area contributed by atoms with E-state index in [2.05, 4.69) is 36.5 Å². The molecule has 1 aromatic carbocycles. The van der Waals surface area contributed by atoms with Gasteiger partial charge in [0.1, 0.15) is 9.84 Å². The molecule has 3 N–H and O–H groups in total. The number of aryl methyl sites for hydroxylation is 1. The Morgan fingerprint density at radius 2 is 1.88 bits per heavy atom. The van der Waals surface area contributed by atoms with Crippen LogP contribution in [-0.2, 0) is 14.6 Å². The third kappa shape index (κ3) is 6.64. The molecule has 5 nitrogen and oxygen atoms in total. The average Bonchev–Trinajstić information content (AvgIpc) is 3.01. The summed E-state index contributed by atoms with van der Waals surface area (Å²) in [7, 11) is -3.10. The van der Waals surface area contributed by atoms with Crippen molar-refractivity contribution in [3.8, 4) is 0 Å². The number of carbonyl (C=O) groups is 1. The zero-order valence-corrected chi connectivity index (χ0v) is 16.6. The van der Waals surface area contributed by atoms with Gasteiger partial charge in [-0.2, -0.15) is 0 Å². The third-order valence-corrected chi connectivity index (χ3v) is 7.06. The lowest BCUT2D eigenvalue weighted by Gasteiger charge is -2.29. The second kappa shape index (κ2) is 8.56. The smallest absolute Gasteiger partial charge is 0.236 e. The van der Waals surface area contributed by atoms with E-state index in [0.29, 0.717) is 6.54 Å². The predicted molar refractivity (Wildman–Crippen MR) is 104 cm³/mol. The monoisotopic (exact) mass is 384 g/mol. The number of sulfone groups is 1. The minimum Gasteiger partial charge on any atom is -0.353 e. The van der Waals surface area contributed by atoms with Crippen LogP contribution >= 0.6 is 11.8 Å². The highest BCUT2D eigenvalue weighted by Crippen LogP contribution is 2.44. The van der Waals surface area contributed by atoms with Crippen LogP contribution in [0.3, 0.4) is 0 Å². The highest BCUT2D eigenvalue weighted by Gasteiger charge is 2.35. The number of thioether (sulfide) groups is 1. The molecular weight excluding hydrogens is 356 g/mol. The molecule has 0 spiro atoms. The lowest BCUT2D eigenvalue weighted by atomic mass is 10.1. The van der Waals surface area contributed by atoms with Crippen molar-refractivity contribution in [2.24, 2.45) is 5.73 Å². The summed E-state index contributed by atoms with van der Waals surface area (Å²) in [6.45, 7) is 2.63. The SMILES string of the molecule is Cc1ccc(SC2(CNC(=O)C(N)CCS(C)(=O)=O)CCCC2)cc1. The molecular formula is C18H28N2O3S2. The van der Waals surface area contributed by atoms with Gasteiger partial charge in [-0.05, 0) is 38.3 Å². The Balaban J connectivity index is 1.92. The van der Waals surface area contributed by atoms with Gasteiger partial charge in [-0.25, -0.2) is 8.42 Å². The van der Waals surface area contributed by atoms with Crippen LogP contribution in [0.5, 0.6) is 0 Å². The van der Waals surface area contributed by atoms with E-state index in [-0.39, 0.29) is 22.8 Å². The van der Waals surface area contributed by atoms with E-state index in [1.807, 2.05) is 11.8 Å². The predicted octanol–water partition coefficient (Wildman–Crippen LogP) is 2.28. The van der Waals surface area contributed by atoms with E-state index in [4.69, 9.17) is 5.73 Å². The second-order valence-electron chi connectivity index (χ2n) is 7.05. The van der Waals surface area contributed by atoms with Gasteiger partial charge in [-0.1, -0.05) is 30.5 Å². The minimum atomic E-state index is -3.10. The molecule has 140 valence electrons. The van der Waals surface area contributed by atoms with Crippen molar-refractivity contribution in [2.45, 2.75) is 54.7 Å². The number of hydrogen-bond acceptors (Lipinski definition) is 5. The first-order valence-corrected chi connectivity index (χ1v) is 11.5. The summed E-state index contributed by atoms with van der Waals surface area (Å²) in [4.78, 5) is 13.4. The van der Waals surface area contributed by atoms with Gasteiger partial charge in [0.2, 0.25) is 5.91 Å². The second-order valence-corrected chi connectivity index (χ2v) is 10.8. The molecule has 1 fully saturated rings. The van der Waals surface area contributed by atoms with Crippen LogP contribution in [0.2, 0.25) is 0 Å². The molecule has 0 aliphatic heterocycles. The van der Waals surface area contributed by atoms with Crippen molar-refractivity contribution in [2.75, 3.05) is 18.6 Å². The Hall–Kier alpha value is -1.05. The highest BCUT2D eigenvalue weighted by molar-refractivity contribution is 8.00. The summed E-state index contributed by atoms with van der Waals surface area (Å²) in [6, 6.07) is 7.67. The van der Waals surface area contributed by atoms with Crippen LogP contribution in [0.25, 0.3) is 0 Å². The number of benzene rings is 1. The molecule has 7 heteroatoms. The van der Waals surface area contributed by atoms with Crippen molar-refractivity contribution < 1.29 is 13.2 Å². The van der Waals surface area contributed by atoms with Gasteiger partial charge in [-0.3, -0.25) is 4.79 Å². The molecule has 1 amide bonds. The first-order valence-electron chi connectivity index (χ1n) is 8.66. The molecule has 1 aliphatic carbocycles. The highest BCUT2D eigenvalue weighted by atomic mass is 32.2. The van der Waals surface area contributed by atoms with Gasteiger partial charge in [0, 0.05) is 22.4 Å². The van der Waals surface area contributed by atoms with Gasteiger partial charge in [-0.15, -0.1) is 11.8 Å². The van der Waals surface area contributed by atoms with E-state index in [1.54, 1.807) is 0 Å². The lowest BCUT2D eigenvalue weighted by molar-refractivity contribution is -0.122. The normalized spacial score (nSPS) is 18.0. The molecule has 1 atom stereocenters. The maximum atomic E-state index is 12.2. The molecule has 0 heterocycles. The first-order chi connectivity index (χ1) is 11.7. The molecule has 2 rings (SSSR count). The van der Waals surface area contributed by atoms with Crippen LogP contribution in [0.1, 0.15) is 37.7 Å². The van der Waals surface area contributed by atoms with Gasteiger partial charge in [0.15, 0.2) is 0 Å². The zero-order valence-electron chi connectivity index (χ0n) is 15.0. The standard InChI is InChI=1S/C18H28N2O3S2/c1-14-5-7-15(8-6-14)24-18(10-3-4-11-18)13-20-17(21)16(19)9-12-25(2,22)23/h5-8,16H,3-4,9-13,19H2,1-2H3,(H,20,21). The molecule has 0 radical (unpaired) electrons. The maximum Gasteiger partial charge on any atom is 0.236 e. The van der Waals surface area contributed by atoms with Gasteiger partial charge in [0.25, 0.3) is 0 Å². The molecule has 1 unspecified atom stereocenters. The fourth-order valence-corrected chi connectivity index (χ4v) is 5.13. The average molecular weight is 385 g/mol. The molecule has 0 saturated heterocycles. The van der Waals surface area contributed by atoms with Crippen molar-refractivity contribution in [3.63, 3.8) is 0 Å². The van der Waals surface area contributed by atoms with Crippen molar-refractivity contribution in [1.82, 2.24) is 5.32 Å². The summed E-state index contributed by atoms with van der Waals surface area (Å²) < 4.78 is 22.4. The molecule has 1 aliphatic rings. The molecule has 0 aromatic heterocycles. The third-order valence-electron chi connectivity index (χ3n) is 4.59. The van der Waals surface area contributed by atoms with E-state index in [0.717, 1.165) is 31.9 Å². The molecule has 25 heavy (non-hydrogen) atoms. The summed E-state index contributed by atoms with van der Waals surface area (Å²) in [5.41, 5.74) is 7.07. The van der Waals surface area contributed by atoms with Gasteiger partial charge in [0.05, 0.1) is 11.8 Å². The van der Waals surface area contributed by atoms with E-state index < -0.39 is 15.9 Å². The summed E-state index contributed by atoms with van der Waals surface area (Å²) in [5, 5.41) is 2.95. The number of nitrogens with two attached hydrogens (primary N) is 1. The van der Waals surface area contributed by atoms with E-state index >= 15 is 0 Å². The number of carbonyl (C=O) groups excluding carboxylic acids is 1. The number of rotatable bonds is 8.